The lowest BCUT2D eigenvalue weighted by atomic mass is 9.87. The first-order chi connectivity index (χ1) is 10.2. The fourth-order valence-corrected chi connectivity index (χ4v) is 3.34. The van der Waals surface area contributed by atoms with Crippen LogP contribution in [0.3, 0.4) is 0 Å². The molecule has 0 saturated heterocycles. The molecule has 0 aliphatic heterocycles. The third-order valence-electron chi connectivity index (χ3n) is 4.40. The van der Waals surface area contributed by atoms with Gasteiger partial charge < -0.3 is 10.8 Å². The molecule has 1 aliphatic carbocycles. The molecule has 4 rings (SSSR count). The second-order valence-corrected chi connectivity index (χ2v) is 5.67. The van der Waals surface area contributed by atoms with E-state index in [1.165, 1.54) is 0 Å². The van der Waals surface area contributed by atoms with Crippen LogP contribution in [0.4, 0.5) is 0 Å². The molecule has 0 saturated carbocycles. The lowest BCUT2D eigenvalue weighted by Gasteiger charge is -2.25. The maximum absolute atomic E-state index is 11.2. The van der Waals surface area contributed by atoms with Crippen LogP contribution in [-0.2, 0) is 5.60 Å². The van der Waals surface area contributed by atoms with Gasteiger partial charge in [-0.3, -0.25) is 4.98 Å². The van der Waals surface area contributed by atoms with Gasteiger partial charge in [0.25, 0.3) is 0 Å². The summed E-state index contributed by atoms with van der Waals surface area (Å²) in [5, 5.41) is 12.3. The van der Waals surface area contributed by atoms with Crippen molar-refractivity contribution in [2.75, 3.05) is 0 Å². The van der Waals surface area contributed by atoms with Crippen LogP contribution in [-0.4, -0.2) is 10.1 Å². The lowest BCUT2D eigenvalue weighted by Crippen LogP contribution is -2.25. The fourth-order valence-electron chi connectivity index (χ4n) is 3.34. The molecule has 0 amide bonds. The molecule has 0 spiro atoms. The monoisotopic (exact) mass is 276 g/mol. The summed E-state index contributed by atoms with van der Waals surface area (Å²) in [5.41, 5.74) is 8.95. The molecule has 3 aromatic rings. The molecule has 1 heterocycles. The number of pyridine rings is 1. The van der Waals surface area contributed by atoms with Crippen LogP contribution in [0.2, 0.25) is 0 Å². The number of fused-ring (bicyclic) bond motifs is 2. The van der Waals surface area contributed by atoms with Gasteiger partial charge in [-0.25, -0.2) is 0 Å². The molecule has 2 unspecified atom stereocenters. The minimum absolute atomic E-state index is 0.129. The van der Waals surface area contributed by atoms with Gasteiger partial charge in [-0.2, -0.15) is 0 Å². The first-order valence-electron chi connectivity index (χ1n) is 7.11. The van der Waals surface area contributed by atoms with Crippen LogP contribution in [0.25, 0.3) is 10.9 Å². The second kappa shape index (κ2) is 4.38. The number of hydrogen-bond acceptors (Lipinski definition) is 3. The highest BCUT2D eigenvalue weighted by atomic mass is 16.3. The highest BCUT2D eigenvalue weighted by Gasteiger charge is 2.42. The van der Waals surface area contributed by atoms with Crippen LogP contribution in [0.1, 0.15) is 29.2 Å². The molecule has 3 heteroatoms. The van der Waals surface area contributed by atoms with Gasteiger partial charge in [0.15, 0.2) is 0 Å². The highest BCUT2D eigenvalue weighted by Crippen LogP contribution is 2.46. The van der Waals surface area contributed by atoms with Crippen LogP contribution in [0, 0.1) is 0 Å². The van der Waals surface area contributed by atoms with Gasteiger partial charge in [0.2, 0.25) is 0 Å². The molecular formula is C18H16N2O. The zero-order valence-corrected chi connectivity index (χ0v) is 11.5. The molecular weight excluding hydrogens is 260 g/mol. The van der Waals surface area contributed by atoms with E-state index in [-0.39, 0.29) is 6.04 Å². The lowest BCUT2D eigenvalue weighted by molar-refractivity contribution is 0.0778. The summed E-state index contributed by atoms with van der Waals surface area (Å²) in [5.74, 6) is 0. The Hall–Kier alpha value is -2.23. The van der Waals surface area contributed by atoms with E-state index in [9.17, 15) is 5.11 Å². The number of nitrogens with two attached hydrogens (primary N) is 1. The Morgan fingerprint density at radius 1 is 1.10 bits per heavy atom. The minimum atomic E-state index is -1.01. The summed E-state index contributed by atoms with van der Waals surface area (Å²) in [4.78, 5) is 4.32. The average Bonchev–Trinajstić information content (AvgIpc) is 2.80. The Morgan fingerprint density at radius 2 is 1.95 bits per heavy atom. The molecule has 3 N–H and O–H groups in total. The van der Waals surface area contributed by atoms with Crippen LogP contribution < -0.4 is 5.73 Å². The van der Waals surface area contributed by atoms with Crippen molar-refractivity contribution in [2.24, 2.45) is 5.73 Å². The first kappa shape index (κ1) is 12.5. The molecule has 104 valence electrons. The predicted molar refractivity (Wildman–Crippen MR) is 82.7 cm³/mol. The van der Waals surface area contributed by atoms with Crippen LogP contribution >= 0.6 is 0 Å². The average molecular weight is 276 g/mol. The van der Waals surface area contributed by atoms with Crippen molar-refractivity contribution in [3.8, 4) is 0 Å². The van der Waals surface area contributed by atoms with Gasteiger partial charge in [-0.05, 0) is 34.9 Å². The number of nitrogens with zero attached hydrogens (tertiary/aromatic N) is 1. The van der Waals surface area contributed by atoms with Gasteiger partial charge in [-0.1, -0.05) is 36.4 Å². The van der Waals surface area contributed by atoms with E-state index in [4.69, 9.17) is 5.73 Å². The summed E-state index contributed by atoms with van der Waals surface area (Å²) >= 11 is 0. The van der Waals surface area contributed by atoms with Gasteiger partial charge in [-0.15, -0.1) is 0 Å². The second-order valence-electron chi connectivity index (χ2n) is 5.67. The van der Waals surface area contributed by atoms with E-state index in [0.717, 1.165) is 27.6 Å². The van der Waals surface area contributed by atoms with Crippen LogP contribution in [0.5, 0.6) is 0 Å². The smallest absolute Gasteiger partial charge is 0.117 e. The predicted octanol–water partition coefficient (Wildman–Crippen LogP) is 2.87. The maximum atomic E-state index is 11.2. The standard InChI is InChI=1S/C18H16N2O/c19-16-11-18(21,15-6-2-1-5-14(15)16)13-7-8-17-12(10-13)4-3-9-20-17/h1-10,16,21H,11,19H2. The van der Waals surface area contributed by atoms with Crippen molar-refractivity contribution < 1.29 is 5.11 Å². The number of benzene rings is 2. The van der Waals surface area contributed by atoms with Crippen LogP contribution in [0.15, 0.2) is 60.8 Å². The molecule has 1 aliphatic rings. The first-order valence-corrected chi connectivity index (χ1v) is 7.11. The third kappa shape index (κ3) is 1.78. The Labute approximate surface area is 123 Å². The normalized spacial score (nSPS) is 24.2. The molecule has 3 nitrogen and oxygen atoms in total. The highest BCUT2D eigenvalue weighted by molar-refractivity contribution is 5.79. The van der Waals surface area contributed by atoms with E-state index in [1.807, 2.05) is 54.6 Å². The van der Waals surface area contributed by atoms with Crippen molar-refractivity contribution in [2.45, 2.75) is 18.1 Å². The van der Waals surface area contributed by atoms with E-state index in [0.29, 0.717) is 6.42 Å². The summed E-state index contributed by atoms with van der Waals surface area (Å²) in [6.45, 7) is 0. The van der Waals surface area contributed by atoms with Crippen molar-refractivity contribution in [1.82, 2.24) is 4.98 Å². The zero-order chi connectivity index (χ0) is 14.4. The van der Waals surface area contributed by atoms with Crippen molar-refractivity contribution in [3.05, 3.63) is 77.5 Å². The fraction of sp³-hybridized carbons (Fsp3) is 0.167. The van der Waals surface area contributed by atoms with Crippen molar-refractivity contribution in [3.63, 3.8) is 0 Å². The quantitative estimate of drug-likeness (QED) is 0.718. The molecule has 0 radical (unpaired) electrons. The molecule has 0 fully saturated rings. The Kier molecular flexibility index (Phi) is 2.61. The summed E-state index contributed by atoms with van der Waals surface area (Å²) in [6, 6.07) is 17.6. The zero-order valence-electron chi connectivity index (χ0n) is 11.5. The molecule has 21 heavy (non-hydrogen) atoms. The van der Waals surface area contributed by atoms with E-state index in [1.54, 1.807) is 6.20 Å². The van der Waals surface area contributed by atoms with Gasteiger partial charge in [0.05, 0.1) is 5.52 Å². The third-order valence-corrected chi connectivity index (χ3v) is 4.40. The summed E-state index contributed by atoms with van der Waals surface area (Å²) in [6.07, 6.45) is 2.29. The maximum Gasteiger partial charge on any atom is 0.117 e. The topological polar surface area (TPSA) is 59.1 Å². The molecule has 2 atom stereocenters. The van der Waals surface area contributed by atoms with E-state index < -0.39 is 5.60 Å². The number of hydrogen-bond donors (Lipinski definition) is 2. The van der Waals surface area contributed by atoms with Crippen molar-refractivity contribution >= 4 is 10.9 Å². The largest absolute Gasteiger partial charge is 0.380 e. The number of rotatable bonds is 1. The molecule has 1 aromatic heterocycles. The SMILES string of the molecule is NC1CC(O)(c2ccc3ncccc3c2)c2ccccc21. The Bertz CT molecular complexity index is 830. The van der Waals surface area contributed by atoms with Gasteiger partial charge >= 0.3 is 0 Å². The Balaban J connectivity index is 1.92. The number of aliphatic hydroxyl groups is 1. The van der Waals surface area contributed by atoms with E-state index >= 15 is 0 Å². The summed E-state index contributed by atoms with van der Waals surface area (Å²) < 4.78 is 0. The van der Waals surface area contributed by atoms with E-state index in [2.05, 4.69) is 4.98 Å². The molecule has 2 aromatic carbocycles. The minimum Gasteiger partial charge on any atom is -0.380 e. The Morgan fingerprint density at radius 3 is 2.86 bits per heavy atom. The van der Waals surface area contributed by atoms with Gasteiger partial charge in [0, 0.05) is 24.0 Å². The van der Waals surface area contributed by atoms with Gasteiger partial charge in [0.1, 0.15) is 5.60 Å². The number of aromatic nitrogens is 1. The molecule has 0 bridgehead atoms. The summed E-state index contributed by atoms with van der Waals surface area (Å²) in [7, 11) is 0. The van der Waals surface area contributed by atoms with Crippen molar-refractivity contribution in [1.29, 1.82) is 0 Å².